The minimum Gasteiger partial charge on any atom is -0.484 e. The zero-order valence-electron chi connectivity index (χ0n) is 12.2. The molecule has 0 atom stereocenters. The smallest absolute Gasteiger partial charge is 0.388 e. The van der Waals surface area contributed by atoms with Gasteiger partial charge in [0.1, 0.15) is 11.6 Å². The molecule has 1 heterocycles. The molecule has 24 heavy (non-hydrogen) atoms. The largest absolute Gasteiger partial charge is 0.484 e. The van der Waals surface area contributed by atoms with E-state index in [4.69, 9.17) is 10.5 Å². The van der Waals surface area contributed by atoms with E-state index in [9.17, 15) is 18.4 Å². The fourth-order valence-corrected chi connectivity index (χ4v) is 1.71. The number of hydrogen-bond donors (Lipinski definition) is 2. The summed E-state index contributed by atoms with van der Waals surface area (Å²) in [7, 11) is 0. The van der Waals surface area contributed by atoms with Crippen LogP contribution in [0.3, 0.4) is 0 Å². The lowest BCUT2D eigenvalue weighted by Crippen LogP contribution is -2.21. The Hall–Kier alpha value is -3.23. The van der Waals surface area contributed by atoms with Crippen LogP contribution in [0.25, 0.3) is 0 Å². The molecule has 0 spiro atoms. The Bertz CT molecular complexity index is 740. The van der Waals surface area contributed by atoms with Crippen molar-refractivity contribution in [2.24, 2.45) is 5.73 Å². The molecule has 2 amide bonds. The van der Waals surface area contributed by atoms with Gasteiger partial charge in [0.2, 0.25) is 11.8 Å². The molecule has 0 saturated heterocycles. The standard InChI is InChI=1S/C15H13F2N3O4/c16-15(17)24-13-6-2-5-11(20-13)19-12(21)8-23-10-4-1-3-9(7-10)14(18)22/h1-7,15H,8H2,(H2,18,22)(H,19,20,21). The van der Waals surface area contributed by atoms with Crippen molar-refractivity contribution in [2.45, 2.75) is 6.61 Å². The average Bonchev–Trinajstić information content (AvgIpc) is 2.53. The van der Waals surface area contributed by atoms with Gasteiger partial charge in [-0.2, -0.15) is 13.8 Å². The third-order valence-electron chi connectivity index (χ3n) is 2.69. The van der Waals surface area contributed by atoms with Crippen LogP contribution in [-0.2, 0) is 4.79 Å². The number of carbonyl (C=O) groups is 2. The number of ether oxygens (including phenoxy) is 2. The Morgan fingerprint density at radius 2 is 1.96 bits per heavy atom. The van der Waals surface area contributed by atoms with Crippen molar-refractivity contribution in [2.75, 3.05) is 11.9 Å². The van der Waals surface area contributed by atoms with Crippen LogP contribution in [0.15, 0.2) is 42.5 Å². The Kier molecular flexibility index (Phi) is 5.61. The van der Waals surface area contributed by atoms with Gasteiger partial charge in [-0.05, 0) is 24.3 Å². The lowest BCUT2D eigenvalue weighted by molar-refractivity contribution is -0.118. The topological polar surface area (TPSA) is 104 Å². The number of amides is 2. The first-order valence-corrected chi connectivity index (χ1v) is 6.68. The number of hydrogen-bond acceptors (Lipinski definition) is 5. The zero-order valence-corrected chi connectivity index (χ0v) is 12.2. The number of rotatable bonds is 7. The van der Waals surface area contributed by atoms with E-state index in [1.807, 2.05) is 0 Å². The number of benzene rings is 1. The monoisotopic (exact) mass is 337 g/mol. The van der Waals surface area contributed by atoms with Gasteiger partial charge in [0, 0.05) is 11.6 Å². The molecule has 0 aliphatic heterocycles. The summed E-state index contributed by atoms with van der Waals surface area (Å²) in [5.74, 6) is -1.19. The second kappa shape index (κ2) is 7.86. The summed E-state index contributed by atoms with van der Waals surface area (Å²) in [5.41, 5.74) is 5.38. The molecule has 0 unspecified atom stereocenters. The van der Waals surface area contributed by atoms with E-state index in [1.165, 1.54) is 30.3 Å². The molecule has 0 aliphatic carbocycles. The molecule has 0 saturated carbocycles. The van der Waals surface area contributed by atoms with Crippen molar-refractivity contribution < 1.29 is 27.8 Å². The van der Waals surface area contributed by atoms with Gasteiger partial charge in [-0.25, -0.2) is 0 Å². The summed E-state index contributed by atoms with van der Waals surface area (Å²) in [5, 5.41) is 2.37. The maximum atomic E-state index is 12.1. The quantitative estimate of drug-likeness (QED) is 0.802. The van der Waals surface area contributed by atoms with Crippen LogP contribution in [-0.4, -0.2) is 30.0 Å². The molecular formula is C15H13F2N3O4. The van der Waals surface area contributed by atoms with Gasteiger partial charge in [-0.3, -0.25) is 9.59 Å². The number of pyridine rings is 1. The van der Waals surface area contributed by atoms with Gasteiger partial charge >= 0.3 is 6.61 Å². The number of nitrogens with one attached hydrogen (secondary N) is 1. The first kappa shape index (κ1) is 17.1. The molecule has 1 aromatic carbocycles. The minimum atomic E-state index is -3.01. The van der Waals surface area contributed by atoms with E-state index in [-0.39, 0.29) is 29.6 Å². The average molecular weight is 337 g/mol. The van der Waals surface area contributed by atoms with E-state index in [2.05, 4.69) is 15.0 Å². The summed E-state index contributed by atoms with van der Waals surface area (Å²) in [6, 6.07) is 10.0. The lowest BCUT2D eigenvalue weighted by Gasteiger charge is -2.09. The van der Waals surface area contributed by atoms with Crippen LogP contribution in [0, 0.1) is 0 Å². The Morgan fingerprint density at radius 1 is 1.21 bits per heavy atom. The molecule has 9 heteroatoms. The summed E-state index contributed by atoms with van der Waals surface area (Å²) >= 11 is 0. The highest BCUT2D eigenvalue weighted by molar-refractivity contribution is 5.93. The van der Waals surface area contributed by atoms with E-state index < -0.39 is 18.4 Å². The van der Waals surface area contributed by atoms with Gasteiger partial charge in [0.05, 0.1) is 0 Å². The molecule has 126 valence electrons. The predicted molar refractivity (Wildman–Crippen MR) is 80.0 cm³/mol. The number of nitrogens with zero attached hydrogens (tertiary/aromatic N) is 1. The number of halogens is 2. The van der Waals surface area contributed by atoms with E-state index in [0.29, 0.717) is 0 Å². The van der Waals surface area contributed by atoms with Crippen molar-refractivity contribution >= 4 is 17.6 Å². The molecular weight excluding hydrogens is 324 g/mol. The first-order chi connectivity index (χ1) is 11.4. The minimum absolute atomic E-state index is 0.0348. The molecule has 0 fully saturated rings. The van der Waals surface area contributed by atoms with Crippen molar-refractivity contribution in [3.8, 4) is 11.6 Å². The van der Waals surface area contributed by atoms with Crippen LogP contribution < -0.4 is 20.5 Å². The molecule has 7 nitrogen and oxygen atoms in total. The number of carbonyl (C=O) groups excluding carboxylic acids is 2. The highest BCUT2D eigenvalue weighted by Crippen LogP contribution is 2.15. The number of anilines is 1. The summed E-state index contributed by atoms with van der Waals surface area (Å²) < 4.78 is 33.6. The number of nitrogens with two attached hydrogens (primary N) is 1. The molecule has 2 aromatic rings. The van der Waals surface area contributed by atoms with Crippen molar-refractivity contribution in [1.82, 2.24) is 4.98 Å². The molecule has 3 N–H and O–H groups in total. The Balaban J connectivity index is 1.91. The van der Waals surface area contributed by atoms with Crippen molar-refractivity contribution in [1.29, 1.82) is 0 Å². The van der Waals surface area contributed by atoms with Gasteiger partial charge in [-0.1, -0.05) is 12.1 Å². The van der Waals surface area contributed by atoms with Gasteiger partial charge in [0.25, 0.3) is 5.91 Å². The second-order valence-corrected chi connectivity index (χ2v) is 4.47. The third kappa shape index (κ3) is 5.20. The van der Waals surface area contributed by atoms with E-state index >= 15 is 0 Å². The molecule has 1 aromatic heterocycles. The number of aromatic nitrogens is 1. The summed E-state index contributed by atoms with van der Waals surface area (Å²) in [4.78, 5) is 26.5. The maximum absolute atomic E-state index is 12.1. The maximum Gasteiger partial charge on any atom is 0.388 e. The van der Waals surface area contributed by atoms with Crippen LogP contribution in [0.1, 0.15) is 10.4 Å². The third-order valence-corrected chi connectivity index (χ3v) is 2.69. The van der Waals surface area contributed by atoms with Crippen molar-refractivity contribution in [3.63, 3.8) is 0 Å². The van der Waals surface area contributed by atoms with Crippen LogP contribution in [0.4, 0.5) is 14.6 Å². The van der Waals surface area contributed by atoms with Gasteiger partial charge in [-0.15, -0.1) is 0 Å². The lowest BCUT2D eigenvalue weighted by atomic mass is 10.2. The van der Waals surface area contributed by atoms with Gasteiger partial charge < -0.3 is 20.5 Å². The molecule has 0 aliphatic rings. The Morgan fingerprint density at radius 3 is 2.67 bits per heavy atom. The predicted octanol–water partition coefficient (Wildman–Crippen LogP) is 1.80. The van der Waals surface area contributed by atoms with Gasteiger partial charge in [0.15, 0.2) is 6.61 Å². The second-order valence-electron chi connectivity index (χ2n) is 4.47. The summed E-state index contributed by atoms with van der Waals surface area (Å²) in [6.45, 7) is -3.38. The van der Waals surface area contributed by atoms with Crippen LogP contribution in [0.2, 0.25) is 0 Å². The number of alkyl halides is 2. The fraction of sp³-hybridized carbons (Fsp3) is 0.133. The molecule has 0 radical (unpaired) electrons. The fourth-order valence-electron chi connectivity index (χ4n) is 1.71. The SMILES string of the molecule is NC(=O)c1cccc(OCC(=O)Nc2cccc(OC(F)F)n2)c1. The zero-order chi connectivity index (χ0) is 17.5. The summed E-state index contributed by atoms with van der Waals surface area (Å²) in [6.07, 6.45) is 0. The van der Waals surface area contributed by atoms with Crippen molar-refractivity contribution in [3.05, 3.63) is 48.0 Å². The highest BCUT2D eigenvalue weighted by atomic mass is 19.3. The highest BCUT2D eigenvalue weighted by Gasteiger charge is 2.09. The normalized spacial score (nSPS) is 10.3. The first-order valence-electron chi connectivity index (χ1n) is 6.68. The Labute approximate surface area is 135 Å². The van der Waals surface area contributed by atoms with E-state index in [1.54, 1.807) is 12.1 Å². The number of primary amides is 1. The molecule has 2 rings (SSSR count). The van der Waals surface area contributed by atoms with Crippen LogP contribution in [0.5, 0.6) is 11.6 Å². The molecule has 0 bridgehead atoms. The van der Waals surface area contributed by atoms with Crippen LogP contribution >= 0.6 is 0 Å². The van der Waals surface area contributed by atoms with E-state index in [0.717, 1.165) is 0 Å².